The van der Waals surface area contributed by atoms with Crippen LogP contribution in [0.25, 0.3) is 0 Å². The highest BCUT2D eigenvalue weighted by molar-refractivity contribution is 5.31. The van der Waals surface area contributed by atoms with E-state index in [1.54, 1.807) is 52.0 Å². The summed E-state index contributed by atoms with van der Waals surface area (Å²) in [6.45, 7) is 18.6. The van der Waals surface area contributed by atoms with E-state index >= 15 is 0 Å². The highest BCUT2D eigenvalue weighted by atomic mass is 17.2. The Kier molecular flexibility index (Phi) is 7.10. The minimum Gasteiger partial charge on any atom is -0.460 e. The number of benzene rings is 1. The van der Waals surface area contributed by atoms with Gasteiger partial charge in [0.15, 0.2) is 0 Å². The summed E-state index contributed by atoms with van der Waals surface area (Å²) in [6, 6.07) is 7.16. The molecule has 1 aromatic carbocycles. The molecule has 0 radical (unpaired) electrons. The summed E-state index contributed by atoms with van der Waals surface area (Å²) in [5.41, 5.74) is -0.835. The van der Waals surface area contributed by atoms with Crippen LogP contribution < -0.4 is 9.47 Å². The first-order valence-electron chi connectivity index (χ1n) is 8.79. The fourth-order valence-corrected chi connectivity index (χ4v) is 1.63. The zero-order valence-corrected chi connectivity index (χ0v) is 17.8. The summed E-state index contributed by atoms with van der Waals surface area (Å²) in [6.07, 6.45) is 0. The molecule has 6 heteroatoms. The van der Waals surface area contributed by atoms with E-state index in [-0.39, 0.29) is 0 Å². The molecule has 1 aromatic rings. The third-order valence-electron chi connectivity index (χ3n) is 2.54. The molecule has 0 aliphatic heterocycles. The lowest BCUT2D eigenvalue weighted by molar-refractivity contribution is -0.434. The molecule has 1 rings (SSSR count). The van der Waals surface area contributed by atoms with Gasteiger partial charge in [0.2, 0.25) is 11.6 Å². The van der Waals surface area contributed by atoms with E-state index in [2.05, 4.69) is 0 Å². The number of rotatable bonds is 8. The smallest absolute Gasteiger partial charge is 0.235 e. The first kappa shape index (κ1) is 22.7. The summed E-state index contributed by atoms with van der Waals surface area (Å²) in [7, 11) is 0. The highest BCUT2D eigenvalue weighted by Crippen LogP contribution is 2.27. The summed E-state index contributed by atoms with van der Waals surface area (Å²) in [5.74, 6) is -0.606. The normalized spacial score (nSPS) is 13.6. The van der Waals surface area contributed by atoms with Crippen LogP contribution in [0.2, 0.25) is 0 Å². The molecule has 0 bridgehead atoms. The van der Waals surface area contributed by atoms with Crippen molar-refractivity contribution < 1.29 is 29.0 Å². The molecule has 0 saturated heterocycles. The molecule has 150 valence electrons. The molecule has 0 fully saturated rings. The minimum absolute atomic E-state index is 0.418. The largest absolute Gasteiger partial charge is 0.460 e. The van der Waals surface area contributed by atoms with Gasteiger partial charge in [-0.1, -0.05) is 0 Å². The van der Waals surface area contributed by atoms with E-state index in [0.717, 1.165) is 0 Å². The Bertz CT molecular complexity index is 498. The van der Waals surface area contributed by atoms with E-state index < -0.39 is 22.8 Å². The monoisotopic (exact) mass is 370 g/mol. The second-order valence-corrected chi connectivity index (χ2v) is 9.03. The standard InChI is InChI=1S/C20H34O6/c1-17(2,3)23-25-19(7,8)21-15-11-13-16(14-12-15)22-20(9,10)26-24-18(4,5)6/h11-14H,1-10H3. The SMILES string of the molecule is CC(C)(C)OOC(C)(C)Oc1ccc(OC(C)(C)OOC(C)(C)C)cc1. The van der Waals surface area contributed by atoms with Crippen molar-refractivity contribution in [1.29, 1.82) is 0 Å². The zero-order chi connectivity index (χ0) is 20.2. The summed E-state index contributed by atoms with van der Waals surface area (Å²) >= 11 is 0. The molecule has 0 heterocycles. The molecular weight excluding hydrogens is 336 g/mol. The first-order valence-corrected chi connectivity index (χ1v) is 8.79. The quantitative estimate of drug-likeness (QED) is 0.346. The van der Waals surface area contributed by atoms with Crippen molar-refractivity contribution in [2.45, 2.75) is 92.0 Å². The Morgan fingerprint density at radius 3 is 0.962 bits per heavy atom. The topological polar surface area (TPSA) is 55.4 Å². The van der Waals surface area contributed by atoms with E-state index in [9.17, 15) is 0 Å². The van der Waals surface area contributed by atoms with Gasteiger partial charge in [-0.25, -0.2) is 9.78 Å². The predicted octanol–water partition coefficient (Wildman–Crippen LogP) is 5.41. The van der Waals surface area contributed by atoms with E-state index in [0.29, 0.717) is 11.5 Å². The Labute approximate surface area is 157 Å². The molecule has 0 atom stereocenters. The lowest BCUT2D eigenvalue weighted by Crippen LogP contribution is -2.36. The van der Waals surface area contributed by atoms with Crippen LogP contribution in [-0.4, -0.2) is 22.8 Å². The van der Waals surface area contributed by atoms with Gasteiger partial charge in [-0.15, -0.1) is 0 Å². The molecule has 0 saturated carbocycles. The van der Waals surface area contributed by atoms with Crippen LogP contribution in [0.3, 0.4) is 0 Å². The number of ether oxygens (including phenoxy) is 2. The lowest BCUT2D eigenvalue weighted by atomic mass is 10.2. The van der Waals surface area contributed by atoms with Gasteiger partial charge < -0.3 is 9.47 Å². The predicted molar refractivity (Wildman–Crippen MR) is 99.7 cm³/mol. The third-order valence-corrected chi connectivity index (χ3v) is 2.54. The number of hydrogen-bond acceptors (Lipinski definition) is 6. The van der Waals surface area contributed by atoms with E-state index in [1.165, 1.54) is 0 Å². The zero-order valence-electron chi connectivity index (χ0n) is 17.8. The first-order chi connectivity index (χ1) is 11.6. The molecule has 0 amide bonds. The van der Waals surface area contributed by atoms with Crippen molar-refractivity contribution >= 4 is 0 Å². The second kappa shape index (κ2) is 8.13. The Morgan fingerprint density at radius 2 is 0.731 bits per heavy atom. The molecule has 0 spiro atoms. The van der Waals surface area contributed by atoms with Crippen LogP contribution in [0, 0.1) is 0 Å². The average molecular weight is 370 g/mol. The van der Waals surface area contributed by atoms with E-state index in [1.807, 2.05) is 41.5 Å². The fourth-order valence-electron chi connectivity index (χ4n) is 1.63. The third kappa shape index (κ3) is 9.97. The Hall–Kier alpha value is -1.34. The van der Waals surface area contributed by atoms with Crippen LogP contribution in [0.5, 0.6) is 11.5 Å². The van der Waals surface area contributed by atoms with Crippen LogP contribution in [0.1, 0.15) is 69.2 Å². The Balaban J connectivity index is 2.62. The van der Waals surface area contributed by atoms with Gasteiger partial charge >= 0.3 is 0 Å². The highest BCUT2D eigenvalue weighted by Gasteiger charge is 2.27. The summed E-state index contributed by atoms with van der Waals surface area (Å²) in [4.78, 5) is 21.4. The van der Waals surface area contributed by atoms with Crippen LogP contribution in [0.15, 0.2) is 24.3 Å². The molecule has 0 N–H and O–H groups in total. The minimum atomic E-state index is -0.932. The Morgan fingerprint density at radius 1 is 0.462 bits per heavy atom. The average Bonchev–Trinajstić information content (AvgIpc) is 2.44. The van der Waals surface area contributed by atoms with Crippen molar-refractivity contribution in [3.8, 4) is 11.5 Å². The molecule has 0 unspecified atom stereocenters. The molecule has 0 aromatic heterocycles. The lowest BCUT2D eigenvalue weighted by Gasteiger charge is -2.30. The van der Waals surface area contributed by atoms with Gasteiger partial charge in [0.05, 0.1) is 11.2 Å². The molecular formula is C20H34O6. The maximum absolute atomic E-state index is 5.82. The van der Waals surface area contributed by atoms with Crippen LogP contribution >= 0.6 is 0 Å². The van der Waals surface area contributed by atoms with Crippen molar-refractivity contribution in [3.05, 3.63) is 24.3 Å². The van der Waals surface area contributed by atoms with E-state index in [4.69, 9.17) is 29.0 Å². The molecule has 6 nitrogen and oxygen atoms in total. The van der Waals surface area contributed by atoms with Gasteiger partial charge in [0, 0.05) is 27.7 Å². The van der Waals surface area contributed by atoms with Crippen molar-refractivity contribution in [3.63, 3.8) is 0 Å². The number of hydrogen-bond donors (Lipinski definition) is 0. The molecule has 0 aliphatic carbocycles. The van der Waals surface area contributed by atoms with Gasteiger partial charge in [-0.2, -0.15) is 9.78 Å². The van der Waals surface area contributed by atoms with Gasteiger partial charge in [0.25, 0.3) is 0 Å². The molecule has 26 heavy (non-hydrogen) atoms. The van der Waals surface area contributed by atoms with Gasteiger partial charge in [0.1, 0.15) is 11.5 Å². The second-order valence-electron chi connectivity index (χ2n) is 9.03. The fraction of sp³-hybridized carbons (Fsp3) is 0.700. The van der Waals surface area contributed by atoms with Crippen molar-refractivity contribution in [2.75, 3.05) is 0 Å². The van der Waals surface area contributed by atoms with Crippen molar-refractivity contribution in [2.24, 2.45) is 0 Å². The maximum atomic E-state index is 5.82. The molecule has 0 aliphatic rings. The summed E-state index contributed by atoms with van der Waals surface area (Å²) < 4.78 is 11.6. The van der Waals surface area contributed by atoms with Crippen LogP contribution in [-0.2, 0) is 19.6 Å². The van der Waals surface area contributed by atoms with Gasteiger partial charge in [-0.3, -0.25) is 0 Å². The van der Waals surface area contributed by atoms with Crippen molar-refractivity contribution in [1.82, 2.24) is 0 Å². The maximum Gasteiger partial charge on any atom is 0.235 e. The van der Waals surface area contributed by atoms with Crippen LogP contribution in [0.4, 0.5) is 0 Å². The van der Waals surface area contributed by atoms with Gasteiger partial charge in [-0.05, 0) is 65.8 Å². The summed E-state index contributed by atoms with van der Waals surface area (Å²) in [5, 5.41) is 0.